The Morgan fingerprint density at radius 2 is 1.67 bits per heavy atom. The number of para-hydroxylation sites is 1. The van der Waals surface area contributed by atoms with Crippen molar-refractivity contribution in [1.82, 2.24) is 10.2 Å². The number of hydrogen-bond donors (Lipinski definition) is 2. The second-order valence-electron chi connectivity index (χ2n) is 11.4. The van der Waals surface area contributed by atoms with Gasteiger partial charge in [0.05, 0.1) is 10.7 Å². The predicted octanol–water partition coefficient (Wildman–Crippen LogP) is 7.34. The van der Waals surface area contributed by atoms with E-state index in [9.17, 15) is 14.4 Å². The molecule has 8 heteroatoms. The molecule has 0 aromatic heterocycles. The number of alkyl carbamates (subject to hydrolysis) is 1. The number of nitrogens with zero attached hydrogens (tertiary/aromatic N) is 1. The molecule has 0 aliphatic heterocycles. The van der Waals surface area contributed by atoms with E-state index in [1.54, 1.807) is 45.0 Å². The highest BCUT2D eigenvalue weighted by Gasteiger charge is 2.38. The Balaban J connectivity index is 2.10. The minimum absolute atomic E-state index is 0.201. The molecule has 3 amide bonds. The lowest BCUT2D eigenvalue weighted by atomic mass is 9.97. The van der Waals surface area contributed by atoms with Gasteiger partial charge in [0.2, 0.25) is 5.91 Å². The van der Waals surface area contributed by atoms with Crippen molar-refractivity contribution in [3.05, 3.63) is 107 Å². The van der Waals surface area contributed by atoms with Crippen LogP contribution in [0.25, 0.3) is 6.08 Å². The Morgan fingerprint density at radius 1 is 1.00 bits per heavy atom. The number of aryl methyl sites for hydroxylation is 1. The Bertz CT molecular complexity index is 1400. The van der Waals surface area contributed by atoms with Gasteiger partial charge in [0.25, 0.3) is 5.91 Å². The molecule has 0 aliphatic carbocycles. The van der Waals surface area contributed by atoms with Gasteiger partial charge < -0.3 is 20.3 Å². The van der Waals surface area contributed by atoms with E-state index in [4.69, 9.17) is 16.3 Å². The van der Waals surface area contributed by atoms with Crippen LogP contribution in [-0.2, 0) is 20.7 Å². The summed E-state index contributed by atoms with van der Waals surface area (Å²) in [5.74, 6) is -0.870. The monoisotopic (exact) mass is 589 g/mol. The summed E-state index contributed by atoms with van der Waals surface area (Å²) < 4.78 is 5.50. The van der Waals surface area contributed by atoms with Crippen molar-refractivity contribution in [3.8, 4) is 0 Å². The van der Waals surface area contributed by atoms with Crippen LogP contribution in [0, 0.1) is 6.92 Å². The molecule has 0 heterocycles. The van der Waals surface area contributed by atoms with Gasteiger partial charge in [-0.05, 0) is 75.9 Å². The van der Waals surface area contributed by atoms with Crippen LogP contribution in [0.3, 0.4) is 0 Å². The number of hydrogen-bond acceptors (Lipinski definition) is 4. The zero-order valence-electron chi connectivity index (χ0n) is 25.1. The molecule has 7 nitrogen and oxygen atoms in total. The van der Waals surface area contributed by atoms with E-state index in [1.165, 1.54) is 4.90 Å². The number of halogens is 1. The molecular formula is C34H40ClN3O4. The largest absolute Gasteiger partial charge is 0.444 e. The maximum Gasteiger partial charge on any atom is 0.408 e. The predicted molar refractivity (Wildman–Crippen MR) is 169 cm³/mol. The Labute approximate surface area is 253 Å². The Kier molecular flexibility index (Phi) is 10.9. The maximum absolute atomic E-state index is 14.5. The van der Waals surface area contributed by atoms with Gasteiger partial charge in [-0.2, -0.15) is 0 Å². The summed E-state index contributed by atoms with van der Waals surface area (Å²) in [6.45, 7) is 14.6. The van der Waals surface area contributed by atoms with Crippen molar-refractivity contribution in [2.45, 2.75) is 71.7 Å². The average Bonchev–Trinajstić information content (AvgIpc) is 2.92. The van der Waals surface area contributed by atoms with E-state index >= 15 is 0 Å². The van der Waals surface area contributed by atoms with Crippen molar-refractivity contribution in [2.24, 2.45) is 0 Å². The van der Waals surface area contributed by atoms with Gasteiger partial charge >= 0.3 is 6.09 Å². The zero-order valence-corrected chi connectivity index (χ0v) is 25.9. The standard InChI is InChI=1S/C34H40ClN3O4/c1-8-24-17-13-18-26(20-24)30(31(39)37-29-23(4)14-12-19-27(29)35)38(22(2)3)32(40)28(21-25-15-10-9-11-16-25)36-33(41)42-34(5,6)7/h8-20,22,28,30H,1,21H2,2-7H3,(H,36,41)(H,37,39). The van der Waals surface area contributed by atoms with Crippen LogP contribution in [0.1, 0.15) is 62.9 Å². The molecule has 0 saturated heterocycles. The summed E-state index contributed by atoms with van der Waals surface area (Å²) >= 11 is 6.46. The molecule has 0 radical (unpaired) electrons. The normalized spacial score (nSPS) is 12.7. The van der Waals surface area contributed by atoms with Crippen molar-refractivity contribution in [1.29, 1.82) is 0 Å². The fraction of sp³-hybridized carbons (Fsp3) is 0.324. The molecular weight excluding hydrogens is 550 g/mol. The summed E-state index contributed by atoms with van der Waals surface area (Å²) in [4.78, 5) is 43.1. The second-order valence-corrected chi connectivity index (χ2v) is 11.8. The maximum atomic E-state index is 14.5. The highest BCUT2D eigenvalue weighted by Crippen LogP contribution is 2.31. The number of ether oxygens (including phenoxy) is 1. The molecule has 0 aliphatic rings. The lowest BCUT2D eigenvalue weighted by molar-refractivity contribution is -0.142. The van der Waals surface area contributed by atoms with Crippen molar-refractivity contribution < 1.29 is 19.1 Å². The molecule has 0 spiro atoms. The number of rotatable bonds is 10. The smallest absolute Gasteiger partial charge is 0.408 e. The number of carbonyl (C=O) groups is 3. The van der Waals surface area contributed by atoms with Crippen LogP contribution in [-0.4, -0.2) is 40.5 Å². The van der Waals surface area contributed by atoms with Crippen LogP contribution in [0.15, 0.2) is 79.4 Å². The van der Waals surface area contributed by atoms with Crippen LogP contribution >= 0.6 is 11.6 Å². The molecule has 2 N–H and O–H groups in total. The van der Waals surface area contributed by atoms with E-state index in [1.807, 2.05) is 75.4 Å². The Hall–Kier alpha value is -4.10. The minimum Gasteiger partial charge on any atom is -0.444 e. The Morgan fingerprint density at radius 3 is 2.26 bits per heavy atom. The first-order valence-electron chi connectivity index (χ1n) is 13.9. The SMILES string of the molecule is C=Cc1cccc(C(C(=O)Nc2c(C)cccc2Cl)N(C(=O)C(Cc2ccccc2)NC(=O)OC(C)(C)C)C(C)C)c1. The minimum atomic E-state index is -1.05. The van der Waals surface area contributed by atoms with Crippen LogP contribution in [0.2, 0.25) is 5.02 Å². The molecule has 42 heavy (non-hydrogen) atoms. The van der Waals surface area contributed by atoms with Crippen LogP contribution < -0.4 is 10.6 Å². The van der Waals surface area contributed by atoms with Gasteiger partial charge in [0, 0.05) is 12.5 Å². The third-order valence-corrected chi connectivity index (χ3v) is 6.86. The van der Waals surface area contributed by atoms with Gasteiger partial charge in [-0.15, -0.1) is 0 Å². The number of carbonyl (C=O) groups excluding carboxylic acids is 3. The third kappa shape index (κ3) is 8.70. The lowest BCUT2D eigenvalue weighted by Gasteiger charge is -2.37. The quantitative estimate of drug-likeness (QED) is 0.259. The van der Waals surface area contributed by atoms with Crippen LogP contribution in [0.4, 0.5) is 10.5 Å². The highest BCUT2D eigenvalue weighted by atomic mass is 35.5. The van der Waals surface area contributed by atoms with Crippen molar-refractivity contribution in [2.75, 3.05) is 5.32 Å². The number of benzene rings is 3. The van der Waals surface area contributed by atoms with E-state index in [0.717, 1.165) is 16.7 Å². The molecule has 2 unspecified atom stereocenters. The summed E-state index contributed by atoms with van der Waals surface area (Å²) in [6, 6.07) is 19.6. The number of anilines is 1. The lowest BCUT2D eigenvalue weighted by Crippen LogP contribution is -2.55. The molecule has 3 aromatic carbocycles. The summed E-state index contributed by atoms with van der Waals surface area (Å²) in [5, 5.41) is 6.12. The first-order valence-corrected chi connectivity index (χ1v) is 14.3. The van der Waals surface area contributed by atoms with Gasteiger partial charge in [-0.3, -0.25) is 9.59 Å². The van der Waals surface area contributed by atoms with Gasteiger partial charge in [-0.25, -0.2) is 4.79 Å². The molecule has 0 saturated carbocycles. The molecule has 0 bridgehead atoms. The van der Waals surface area contributed by atoms with Gasteiger partial charge in [0.15, 0.2) is 0 Å². The van der Waals surface area contributed by atoms with Gasteiger partial charge in [-0.1, -0.05) is 84.9 Å². The topological polar surface area (TPSA) is 87.7 Å². The highest BCUT2D eigenvalue weighted by molar-refractivity contribution is 6.34. The fourth-order valence-corrected chi connectivity index (χ4v) is 4.90. The van der Waals surface area contributed by atoms with Crippen molar-refractivity contribution >= 4 is 41.3 Å². The summed E-state index contributed by atoms with van der Waals surface area (Å²) in [5.41, 5.74) is 2.72. The van der Waals surface area contributed by atoms with E-state index in [-0.39, 0.29) is 6.42 Å². The van der Waals surface area contributed by atoms with E-state index in [2.05, 4.69) is 17.2 Å². The molecule has 3 rings (SSSR count). The second kappa shape index (κ2) is 14.2. The van der Waals surface area contributed by atoms with Crippen LogP contribution in [0.5, 0.6) is 0 Å². The first-order chi connectivity index (χ1) is 19.8. The van der Waals surface area contributed by atoms with Gasteiger partial charge in [0.1, 0.15) is 17.7 Å². The number of amides is 3. The average molecular weight is 590 g/mol. The first kappa shape index (κ1) is 32.4. The van der Waals surface area contributed by atoms with E-state index < -0.39 is 41.6 Å². The number of nitrogens with one attached hydrogen (secondary N) is 2. The van der Waals surface area contributed by atoms with Crippen molar-refractivity contribution in [3.63, 3.8) is 0 Å². The molecule has 222 valence electrons. The molecule has 0 fully saturated rings. The van der Waals surface area contributed by atoms with E-state index in [0.29, 0.717) is 16.3 Å². The molecule has 2 atom stereocenters. The third-order valence-electron chi connectivity index (χ3n) is 6.54. The summed E-state index contributed by atoms with van der Waals surface area (Å²) in [6.07, 6.45) is 1.16. The molecule has 3 aromatic rings. The summed E-state index contributed by atoms with van der Waals surface area (Å²) in [7, 11) is 0. The zero-order chi connectivity index (χ0) is 31.0. The fourth-order valence-electron chi connectivity index (χ4n) is 4.64.